The summed E-state index contributed by atoms with van der Waals surface area (Å²) < 4.78 is 7.54. The monoisotopic (exact) mass is 562 g/mol. The van der Waals surface area contributed by atoms with Crippen LogP contribution in [0.15, 0.2) is 73.1 Å². The van der Waals surface area contributed by atoms with Crippen LogP contribution in [0.25, 0.3) is 16.8 Å². The molecule has 11 nitrogen and oxygen atoms in total. The Morgan fingerprint density at radius 2 is 1.76 bits per heavy atom. The van der Waals surface area contributed by atoms with Crippen molar-refractivity contribution in [2.45, 2.75) is 39.3 Å². The first-order valence-corrected chi connectivity index (χ1v) is 13.7. The number of rotatable bonds is 6. The van der Waals surface area contributed by atoms with Crippen molar-refractivity contribution >= 4 is 29.3 Å². The van der Waals surface area contributed by atoms with Crippen LogP contribution >= 0.6 is 0 Å². The number of ether oxygens (including phenoxy) is 1. The molecule has 11 heteroatoms. The molecule has 1 aliphatic heterocycles. The van der Waals surface area contributed by atoms with Crippen LogP contribution in [0.4, 0.5) is 16.6 Å². The van der Waals surface area contributed by atoms with E-state index in [-0.39, 0.29) is 30.6 Å². The van der Waals surface area contributed by atoms with Crippen LogP contribution in [0.3, 0.4) is 0 Å². The molecule has 5 aromatic rings. The smallest absolute Gasteiger partial charge is 0.410 e. The third-order valence-corrected chi connectivity index (χ3v) is 7.23. The second-order valence-corrected chi connectivity index (χ2v) is 10.2. The summed E-state index contributed by atoms with van der Waals surface area (Å²) in [5.41, 5.74) is 11.3. The van der Waals surface area contributed by atoms with Crippen LogP contribution in [-0.4, -0.2) is 47.8 Å². The number of carbonyl (C=O) groups excluding carboxylic acids is 2. The van der Waals surface area contributed by atoms with E-state index < -0.39 is 0 Å². The Bertz CT molecular complexity index is 1750. The largest absolute Gasteiger partial charge is 0.445 e. The predicted octanol–water partition coefficient (Wildman–Crippen LogP) is 5.11. The summed E-state index contributed by atoms with van der Waals surface area (Å²) in [5.74, 6) is 0.931. The van der Waals surface area contributed by atoms with Gasteiger partial charge in [0, 0.05) is 41.5 Å². The van der Waals surface area contributed by atoms with Gasteiger partial charge in [-0.1, -0.05) is 42.5 Å². The number of likely N-dealkylation sites (tertiary alicyclic amines) is 1. The highest BCUT2D eigenvalue weighted by molar-refractivity contribution is 6.03. The Labute approximate surface area is 242 Å². The van der Waals surface area contributed by atoms with Gasteiger partial charge in [-0.3, -0.25) is 19.4 Å². The molecule has 0 radical (unpaired) electrons. The van der Waals surface area contributed by atoms with Gasteiger partial charge in [0.2, 0.25) is 5.95 Å². The van der Waals surface area contributed by atoms with E-state index in [4.69, 9.17) is 15.5 Å². The molecule has 6 rings (SSSR count). The fourth-order valence-corrected chi connectivity index (χ4v) is 5.31. The fraction of sp³-hybridized carbons (Fsp3) is 0.226. The van der Waals surface area contributed by atoms with Gasteiger partial charge in [0.25, 0.3) is 5.91 Å². The van der Waals surface area contributed by atoms with Crippen molar-refractivity contribution in [3.05, 3.63) is 101 Å². The van der Waals surface area contributed by atoms with Gasteiger partial charge in [0.1, 0.15) is 29.5 Å². The van der Waals surface area contributed by atoms with Crippen LogP contribution in [0.2, 0.25) is 0 Å². The zero-order valence-corrected chi connectivity index (χ0v) is 23.3. The lowest BCUT2D eigenvalue weighted by atomic mass is 10.1. The molecule has 42 heavy (non-hydrogen) atoms. The van der Waals surface area contributed by atoms with E-state index in [0.29, 0.717) is 35.0 Å². The van der Waals surface area contributed by atoms with Gasteiger partial charge in [0.15, 0.2) is 0 Å². The molecule has 1 fully saturated rings. The Kier molecular flexibility index (Phi) is 7.22. The normalized spacial score (nSPS) is 14.7. The number of nitrogens with two attached hydrogens (primary N) is 1. The maximum Gasteiger partial charge on any atom is 0.410 e. The molecule has 4 heterocycles. The van der Waals surface area contributed by atoms with Crippen molar-refractivity contribution in [1.82, 2.24) is 29.2 Å². The van der Waals surface area contributed by atoms with E-state index in [2.05, 4.69) is 20.3 Å². The number of nitrogens with one attached hydrogen (secondary N) is 1. The van der Waals surface area contributed by atoms with Crippen LogP contribution < -0.4 is 11.1 Å². The van der Waals surface area contributed by atoms with Crippen molar-refractivity contribution in [3.8, 4) is 11.3 Å². The molecule has 1 aliphatic rings. The molecular formula is C31H30N8O3. The zero-order chi connectivity index (χ0) is 29.2. The van der Waals surface area contributed by atoms with Gasteiger partial charge in [0.05, 0.1) is 6.04 Å². The highest BCUT2D eigenvalue weighted by Gasteiger charge is 2.35. The van der Waals surface area contributed by atoms with Gasteiger partial charge >= 0.3 is 6.09 Å². The number of amides is 2. The van der Waals surface area contributed by atoms with Crippen LogP contribution in [0.1, 0.15) is 52.0 Å². The van der Waals surface area contributed by atoms with Crippen molar-refractivity contribution in [1.29, 1.82) is 0 Å². The van der Waals surface area contributed by atoms with Crippen molar-refractivity contribution in [2.24, 2.45) is 0 Å². The predicted molar refractivity (Wildman–Crippen MR) is 158 cm³/mol. The molecule has 0 bridgehead atoms. The van der Waals surface area contributed by atoms with E-state index in [1.807, 2.05) is 66.8 Å². The Morgan fingerprint density at radius 3 is 2.50 bits per heavy atom. The van der Waals surface area contributed by atoms with E-state index in [0.717, 1.165) is 35.4 Å². The van der Waals surface area contributed by atoms with E-state index in [1.54, 1.807) is 29.4 Å². The lowest BCUT2D eigenvalue weighted by Crippen LogP contribution is -2.32. The van der Waals surface area contributed by atoms with E-state index in [1.165, 1.54) is 0 Å². The highest BCUT2D eigenvalue weighted by atomic mass is 16.6. The number of carbonyl (C=O) groups is 2. The van der Waals surface area contributed by atoms with Crippen molar-refractivity contribution in [2.75, 3.05) is 17.6 Å². The van der Waals surface area contributed by atoms with E-state index >= 15 is 0 Å². The summed E-state index contributed by atoms with van der Waals surface area (Å²) in [6.07, 6.45) is 4.59. The summed E-state index contributed by atoms with van der Waals surface area (Å²) in [5, 5.41) is 2.75. The van der Waals surface area contributed by atoms with Crippen LogP contribution in [0.5, 0.6) is 0 Å². The van der Waals surface area contributed by atoms with Gasteiger partial charge in [-0.2, -0.15) is 0 Å². The molecule has 0 aliphatic carbocycles. The third-order valence-electron chi connectivity index (χ3n) is 7.23. The molecule has 212 valence electrons. The zero-order valence-electron chi connectivity index (χ0n) is 23.3. The van der Waals surface area contributed by atoms with Crippen LogP contribution in [0, 0.1) is 13.8 Å². The minimum atomic E-state index is -0.384. The first kappa shape index (κ1) is 26.9. The fourth-order valence-electron chi connectivity index (χ4n) is 5.31. The standard InChI is InChI=1S/C31H30N8O3/c1-19-17-20(2)35-30(34-19)37-29(40)23-12-10-22(11-13-23)25-26-27(32)33-14-16-39(26)28(36-25)24-9-6-15-38(24)31(41)42-18-21-7-4-3-5-8-21/h3-5,7-8,10-14,16-17,24H,6,9,15,18H2,1-2H3,(H2,32,33)(H,34,35,37,40)/t24-/m0/s1. The molecule has 1 saturated heterocycles. The third kappa shape index (κ3) is 5.36. The number of hydrogen-bond donors (Lipinski definition) is 2. The number of fused-ring (bicyclic) bond motifs is 1. The van der Waals surface area contributed by atoms with Crippen LogP contribution in [-0.2, 0) is 11.3 Å². The molecule has 0 spiro atoms. The van der Waals surface area contributed by atoms with Gasteiger partial charge in [-0.15, -0.1) is 0 Å². The molecule has 2 amide bonds. The summed E-state index contributed by atoms with van der Waals surface area (Å²) in [7, 11) is 0. The number of hydrogen-bond acceptors (Lipinski definition) is 8. The maximum absolute atomic E-state index is 13.1. The maximum atomic E-state index is 13.1. The first-order chi connectivity index (χ1) is 20.4. The lowest BCUT2D eigenvalue weighted by Gasteiger charge is -2.23. The van der Waals surface area contributed by atoms with Crippen molar-refractivity contribution < 1.29 is 14.3 Å². The van der Waals surface area contributed by atoms with E-state index in [9.17, 15) is 9.59 Å². The Hall–Kier alpha value is -5.32. The average molecular weight is 563 g/mol. The van der Waals surface area contributed by atoms with Gasteiger partial charge in [-0.25, -0.2) is 24.7 Å². The molecule has 1 atom stereocenters. The Morgan fingerprint density at radius 1 is 1.02 bits per heavy atom. The summed E-state index contributed by atoms with van der Waals surface area (Å²) >= 11 is 0. The quantitative estimate of drug-likeness (QED) is 0.291. The molecule has 0 unspecified atom stereocenters. The number of nitrogen functional groups attached to an aromatic ring is 1. The molecule has 2 aromatic carbocycles. The van der Waals surface area contributed by atoms with Gasteiger partial charge in [-0.05, 0) is 50.5 Å². The highest BCUT2D eigenvalue weighted by Crippen LogP contribution is 2.36. The topological polar surface area (TPSA) is 141 Å². The molecule has 3 N–H and O–H groups in total. The number of aryl methyl sites for hydroxylation is 2. The number of imidazole rings is 1. The Balaban J connectivity index is 1.27. The second kappa shape index (κ2) is 11.3. The minimum Gasteiger partial charge on any atom is -0.445 e. The molecule has 3 aromatic heterocycles. The second-order valence-electron chi connectivity index (χ2n) is 10.2. The number of aromatic nitrogens is 5. The number of nitrogens with zero attached hydrogens (tertiary/aromatic N) is 6. The molecule has 0 saturated carbocycles. The summed E-state index contributed by atoms with van der Waals surface area (Å²) in [4.78, 5) is 45.6. The average Bonchev–Trinajstić information content (AvgIpc) is 3.62. The van der Waals surface area contributed by atoms with Gasteiger partial charge < -0.3 is 10.5 Å². The summed E-state index contributed by atoms with van der Waals surface area (Å²) in [6, 6.07) is 18.2. The molecular weight excluding hydrogens is 532 g/mol. The lowest BCUT2D eigenvalue weighted by molar-refractivity contribution is 0.0907. The SMILES string of the molecule is Cc1cc(C)nc(NC(=O)c2ccc(-c3nc([C@@H]4CCCN4C(=O)OCc4ccccc4)n4ccnc(N)c34)cc2)n1. The summed E-state index contributed by atoms with van der Waals surface area (Å²) in [6.45, 7) is 4.46. The number of benzene rings is 2. The van der Waals surface area contributed by atoms with Crippen molar-refractivity contribution in [3.63, 3.8) is 0 Å². The number of anilines is 2. The first-order valence-electron chi connectivity index (χ1n) is 13.7. The minimum absolute atomic E-state index is 0.197.